The van der Waals surface area contributed by atoms with E-state index < -0.39 is 21.1 Å². The lowest BCUT2D eigenvalue weighted by molar-refractivity contribution is -0.119. The van der Waals surface area contributed by atoms with Gasteiger partial charge in [-0.1, -0.05) is 0 Å². The van der Waals surface area contributed by atoms with Gasteiger partial charge in [-0.25, -0.2) is 18.2 Å². The van der Waals surface area contributed by atoms with Gasteiger partial charge >= 0.3 is 5.69 Å². The van der Waals surface area contributed by atoms with Crippen molar-refractivity contribution >= 4 is 32.6 Å². The second kappa shape index (κ2) is 8.73. The molecule has 0 N–H and O–H groups in total. The van der Waals surface area contributed by atoms with Crippen LogP contribution >= 0.6 is 0 Å². The Morgan fingerprint density at radius 2 is 1.72 bits per heavy atom. The van der Waals surface area contributed by atoms with Gasteiger partial charge in [0.15, 0.2) is 21.0 Å². The van der Waals surface area contributed by atoms with E-state index >= 15 is 0 Å². The molecule has 0 fully saturated rings. The molecule has 0 atom stereocenters. The smallest absolute Gasteiger partial charge is 0.325 e. The maximum absolute atomic E-state index is 13.0. The van der Waals surface area contributed by atoms with Crippen molar-refractivity contribution in [3.63, 3.8) is 0 Å². The Morgan fingerprint density at radius 1 is 1.09 bits per heavy atom. The number of sulfone groups is 1. The zero-order valence-corrected chi connectivity index (χ0v) is 19.6. The lowest BCUT2D eigenvalue weighted by atomic mass is 10.2. The molecular formula is C21H27N5O5S. The highest BCUT2D eigenvalue weighted by atomic mass is 32.2. The van der Waals surface area contributed by atoms with E-state index in [4.69, 9.17) is 0 Å². The summed E-state index contributed by atoms with van der Waals surface area (Å²) >= 11 is 0. The summed E-state index contributed by atoms with van der Waals surface area (Å²) in [4.78, 5) is 43.5. The van der Waals surface area contributed by atoms with Gasteiger partial charge in [0.1, 0.15) is 0 Å². The van der Waals surface area contributed by atoms with E-state index in [2.05, 4.69) is 4.98 Å². The first-order valence-electron chi connectivity index (χ1n) is 10.2. The lowest BCUT2D eigenvalue weighted by Gasteiger charge is -2.27. The number of benzene rings is 1. The van der Waals surface area contributed by atoms with E-state index in [1.807, 2.05) is 13.8 Å². The lowest BCUT2D eigenvalue weighted by Crippen LogP contribution is -2.38. The van der Waals surface area contributed by atoms with E-state index in [9.17, 15) is 22.8 Å². The number of amides is 1. The minimum Gasteiger partial charge on any atom is -0.325 e. The number of nitrogens with zero attached hydrogens (tertiary/aromatic N) is 5. The minimum absolute atomic E-state index is 0.114. The van der Waals surface area contributed by atoms with Crippen LogP contribution in [0.2, 0.25) is 0 Å². The Bertz CT molecular complexity index is 1380. The highest BCUT2D eigenvalue weighted by molar-refractivity contribution is 7.90. The average Bonchev–Trinajstić information content (AvgIpc) is 3.14. The van der Waals surface area contributed by atoms with Crippen LogP contribution in [0, 0.1) is 0 Å². The molecule has 2 heterocycles. The Labute approximate surface area is 185 Å². The number of anilines is 1. The van der Waals surface area contributed by atoms with Crippen molar-refractivity contribution in [3.8, 4) is 0 Å². The van der Waals surface area contributed by atoms with E-state index in [0.717, 1.165) is 10.8 Å². The number of carbonyl (C=O) groups excluding carboxylic acids is 1. The van der Waals surface area contributed by atoms with Crippen LogP contribution < -0.4 is 16.1 Å². The predicted octanol–water partition coefficient (Wildman–Crippen LogP) is 1.06. The summed E-state index contributed by atoms with van der Waals surface area (Å²) in [6.45, 7) is 4.15. The van der Waals surface area contributed by atoms with E-state index in [1.165, 1.54) is 30.1 Å². The molecular weight excluding hydrogens is 434 g/mol. The third-order valence-corrected chi connectivity index (χ3v) is 6.46. The summed E-state index contributed by atoms with van der Waals surface area (Å²) < 4.78 is 27.4. The second-order valence-electron chi connectivity index (χ2n) is 8.04. The Hall–Kier alpha value is -3.21. The Morgan fingerprint density at radius 3 is 2.28 bits per heavy atom. The molecule has 172 valence electrons. The fourth-order valence-corrected chi connectivity index (χ4v) is 4.30. The van der Waals surface area contributed by atoms with Gasteiger partial charge in [-0.15, -0.1) is 0 Å². The molecule has 10 nitrogen and oxygen atoms in total. The molecule has 2 aromatic heterocycles. The number of fused-ring (bicyclic) bond motifs is 1. The van der Waals surface area contributed by atoms with Gasteiger partial charge in [0.2, 0.25) is 5.91 Å². The van der Waals surface area contributed by atoms with Crippen LogP contribution in [0.15, 0.2) is 45.1 Å². The average molecular weight is 462 g/mol. The summed E-state index contributed by atoms with van der Waals surface area (Å²) in [6.07, 6.45) is 3.32. The van der Waals surface area contributed by atoms with E-state index in [-0.39, 0.29) is 23.3 Å². The van der Waals surface area contributed by atoms with E-state index in [1.54, 1.807) is 28.6 Å². The van der Waals surface area contributed by atoms with Crippen molar-refractivity contribution in [1.82, 2.24) is 18.7 Å². The molecule has 32 heavy (non-hydrogen) atoms. The molecule has 11 heteroatoms. The van der Waals surface area contributed by atoms with Gasteiger partial charge in [-0.2, -0.15) is 0 Å². The maximum Gasteiger partial charge on any atom is 0.332 e. The Balaban J connectivity index is 1.77. The normalized spacial score (nSPS) is 11.9. The molecule has 3 rings (SSSR count). The van der Waals surface area contributed by atoms with Gasteiger partial charge in [0.05, 0.1) is 11.2 Å². The number of hydrogen-bond acceptors (Lipinski definition) is 6. The third-order valence-electron chi connectivity index (χ3n) is 5.33. The molecule has 0 aliphatic heterocycles. The number of hydrogen-bond donors (Lipinski definition) is 0. The zero-order valence-electron chi connectivity index (χ0n) is 18.8. The van der Waals surface area contributed by atoms with Gasteiger partial charge in [-0.05, 0) is 44.5 Å². The third kappa shape index (κ3) is 4.38. The van der Waals surface area contributed by atoms with Crippen LogP contribution in [0.3, 0.4) is 0 Å². The largest absolute Gasteiger partial charge is 0.332 e. The summed E-state index contributed by atoms with van der Waals surface area (Å²) in [6, 6.07) is 6.11. The number of aryl methyl sites for hydroxylation is 2. The van der Waals surface area contributed by atoms with Crippen LogP contribution in [0.4, 0.5) is 5.69 Å². The number of aromatic nitrogens is 4. The molecule has 0 bridgehead atoms. The molecule has 0 spiro atoms. The van der Waals surface area contributed by atoms with Crippen LogP contribution in [0.1, 0.15) is 26.7 Å². The monoisotopic (exact) mass is 461 g/mol. The van der Waals surface area contributed by atoms with Gasteiger partial charge < -0.3 is 9.47 Å². The fraction of sp³-hybridized carbons (Fsp3) is 0.429. The molecule has 0 saturated heterocycles. The molecule has 0 aliphatic rings. The number of imidazole rings is 1. The standard InChI is InChI=1S/C21H27N5O5S/c1-14(2)26(15-8-10-16(11-9-15)32(5,30)31)17(27)7-6-12-25-13-22-19-18(25)20(28)24(4)21(29)23(19)3/h8-11,13-14H,6-7,12H2,1-5H3. The van der Waals surface area contributed by atoms with Crippen LogP contribution in [0.5, 0.6) is 0 Å². The summed E-state index contributed by atoms with van der Waals surface area (Å²) in [5.41, 5.74) is 0.367. The first-order chi connectivity index (χ1) is 14.9. The molecule has 0 radical (unpaired) electrons. The molecule has 0 unspecified atom stereocenters. The SMILES string of the molecule is CC(C)N(C(=O)CCCn1cnc2c1c(=O)n(C)c(=O)n2C)c1ccc(S(C)(=O)=O)cc1. The van der Waals surface area contributed by atoms with Crippen molar-refractivity contribution in [2.24, 2.45) is 14.1 Å². The number of carbonyl (C=O) groups is 1. The first-order valence-corrected chi connectivity index (χ1v) is 12.1. The highest BCUT2D eigenvalue weighted by Crippen LogP contribution is 2.21. The predicted molar refractivity (Wildman–Crippen MR) is 122 cm³/mol. The van der Waals surface area contributed by atoms with Crippen LogP contribution in [-0.2, 0) is 35.3 Å². The number of rotatable bonds is 7. The van der Waals surface area contributed by atoms with Crippen molar-refractivity contribution in [1.29, 1.82) is 0 Å². The summed E-state index contributed by atoms with van der Waals surface area (Å²) in [5, 5.41) is 0. The van der Waals surface area contributed by atoms with Gasteiger partial charge in [0, 0.05) is 45.0 Å². The molecule has 0 aliphatic carbocycles. The minimum atomic E-state index is -3.32. The molecule has 1 aromatic carbocycles. The molecule has 0 saturated carbocycles. The van der Waals surface area contributed by atoms with E-state index in [0.29, 0.717) is 29.8 Å². The summed E-state index contributed by atoms with van der Waals surface area (Å²) in [7, 11) is -0.343. The molecule has 3 aromatic rings. The molecule has 1 amide bonds. The second-order valence-corrected chi connectivity index (χ2v) is 10.1. The van der Waals surface area contributed by atoms with Crippen molar-refractivity contribution in [3.05, 3.63) is 51.4 Å². The summed E-state index contributed by atoms with van der Waals surface area (Å²) in [5.74, 6) is -0.114. The van der Waals surface area contributed by atoms with Crippen molar-refractivity contribution in [2.75, 3.05) is 11.2 Å². The van der Waals surface area contributed by atoms with Crippen molar-refractivity contribution in [2.45, 2.75) is 44.2 Å². The maximum atomic E-state index is 13.0. The van der Waals surface area contributed by atoms with Gasteiger partial charge in [-0.3, -0.25) is 18.7 Å². The van der Waals surface area contributed by atoms with Crippen LogP contribution in [0.25, 0.3) is 11.2 Å². The van der Waals surface area contributed by atoms with Crippen molar-refractivity contribution < 1.29 is 13.2 Å². The zero-order chi connectivity index (χ0) is 23.8. The fourth-order valence-electron chi connectivity index (χ4n) is 3.67. The highest BCUT2D eigenvalue weighted by Gasteiger charge is 2.20. The first kappa shape index (κ1) is 23.5. The van der Waals surface area contributed by atoms with Crippen LogP contribution in [-0.4, -0.2) is 45.3 Å². The van der Waals surface area contributed by atoms with Gasteiger partial charge in [0.25, 0.3) is 5.56 Å². The quantitative estimate of drug-likeness (QED) is 0.519. The topological polar surface area (TPSA) is 116 Å². The Kier molecular flexibility index (Phi) is 6.40.